The lowest BCUT2D eigenvalue weighted by Crippen LogP contribution is -2.63. The number of rotatable bonds is 4. The van der Waals surface area contributed by atoms with Gasteiger partial charge in [0.2, 0.25) is 0 Å². The third kappa shape index (κ3) is 3.01. The minimum atomic E-state index is -0.722. The van der Waals surface area contributed by atoms with Crippen LogP contribution in [-0.4, -0.2) is 22.7 Å². The lowest BCUT2D eigenvalue weighted by Gasteiger charge is -2.46. The number of nitrogens with one attached hydrogen (secondary N) is 1. The predicted octanol–water partition coefficient (Wildman–Crippen LogP) is 2.90. The monoisotopic (exact) mass is 241 g/mol. The largest absolute Gasteiger partial charge is 0.480 e. The summed E-state index contributed by atoms with van der Waals surface area (Å²) in [6.45, 7) is 10.5. The van der Waals surface area contributed by atoms with Crippen molar-refractivity contribution in [3.63, 3.8) is 0 Å². The maximum atomic E-state index is 11.8. The van der Waals surface area contributed by atoms with Gasteiger partial charge in [-0.25, -0.2) is 0 Å². The Kier molecular flexibility index (Phi) is 4.59. The van der Waals surface area contributed by atoms with Gasteiger partial charge in [-0.05, 0) is 44.4 Å². The van der Waals surface area contributed by atoms with Crippen molar-refractivity contribution >= 4 is 5.97 Å². The summed E-state index contributed by atoms with van der Waals surface area (Å²) >= 11 is 0. The second-order valence-electron chi connectivity index (χ2n) is 6.31. The van der Waals surface area contributed by atoms with Crippen molar-refractivity contribution in [1.29, 1.82) is 0 Å². The highest BCUT2D eigenvalue weighted by molar-refractivity contribution is 5.79. The molecule has 1 rings (SSSR count). The summed E-state index contributed by atoms with van der Waals surface area (Å²) in [6, 6.07) is 0.206. The maximum Gasteiger partial charge on any atom is 0.324 e. The standard InChI is InChI=1S/C14H27NO2/c1-9(2)12-7-6-11(5)8-14(12,13(16)17)15-10(3)4/h9-12,15H,6-8H2,1-5H3,(H,16,17). The quantitative estimate of drug-likeness (QED) is 0.795. The van der Waals surface area contributed by atoms with Crippen LogP contribution in [0, 0.1) is 17.8 Å². The lowest BCUT2D eigenvalue weighted by molar-refractivity contribution is -0.152. The second-order valence-corrected chi connectivity index (χ2v) is 6.31. The Bertz CT molecular complexity index is 271. The Morgan fingerprint density at radius 3 is 2.29 bits per heavy atom. The SMILES string of the molecule is CC1CCC(C(C)C)C(NC(C)C)(C(=O)O)C1. The highest BCUT2D eigenvalue weighted by atomic mass is 16.4. The number of carboxylic acids is 1. The van der Waals surface area contributed by atoms with Crippen LogP contribution in [-0.2, 0) is 4.79 Å². The fourth-order valence-corrected chi connectivity index (χ4v) is 3.40. The smallest absolute Gasteiger partial charge is 0.324 e. The van der Waals surface area contributed by atoms with Crippen molar-refractivity contribution in [2.75, 3.05) is 0 Å². The molecule has 0 radical (unpaired) electrons. The van der Waals surface area contributed by atoms with Crippen molar-refractivity contribution in [1.82, 2.24) is 5.32 Å². The Hall–Kier alpha value is -0.570. The minimum Gasteiger partial charge on any atom is -0.480 e. The van der Waals surface area contributed by atoms with Crippen molar-refractivity contribution < 1.29 is 9.90 Å². The molecule has 0 aromatic heterocycles. The first-order valence-electron chi connectivity index (χ1n) is 6.80. The van der Waals surface area contributed by atoms with E-state index in [0.29, 0.717) is 11.8 Å². The molecular formula is C14H27NO2. The van der Waals surface area contributed by atoms with Crippen LogP contribution in [0.5, 0.6) is 0 Å². The molecule has 0 bridgehead atoms. The summed E-state index contributed by atoms with van der Waals surface area (Å²) in [5.41, 5.74) is -0.722. The van der Waals surface area contributed by atoms with Crippen molar-refractivity contribution in [2.45, 2.75) is 65.5 Å². The van der Waals surface area contributed by atoms with Crippen LogP contribution in [0.2, 0.25) is 0 Å². The van der Waals surface area contributed by atoms with Crippen LogP contribution in [0.15, 0.2) is 0 Å². The van der Waals surface area contributed by atoms with Crippen LogP contribution in [0.1, 0.15) is 53.9 Å². The zero-order valence-corrected chi connectivity index (χ0v) is 11.8. The van der Waals surface area contributed by atoms with E-state index in [-0.39, 0.29) is 12.0 Å². The van der Waals surface area contributed by atoms with Crippen molar-refractivity contribution in [2.24, 2.45) is 17.8 Å². The Morgan fingerprint density at radius 2 is 1.88 bits per heavy atom. The van der Waals surface area contributed by atoms with Gasteiger partial charge in [0.15, 0.2) is 0 Å². The molecular weight excluding hydrogens is 214 g/mol. The topological polar surface area (TPSA) is 49.3 Å². The zero-order chi connectivity index (χ0) is 13.2. The molecule has 0 aliphatic heterocycles. The maximum absolute atomic E-state index is 11.8. The van der Waals surface area contributed by atoms with E-state index in [2.05, 4.69) is 26.1 Å². The molecule has 100 valence electrons. The lowest BCUT2D eigenvalue weighted by atomic mass is 9.64. The normalized spacial score (nSPS) is 34.3. The van der Waals surface area contributed by atoms with Gasteiger partial charge in [0.05, 0.1) is 0 Å². The van der Waals surface area contributed by atoms with Gasteiger partial charge in [-0.15, -0.1) is 0 Å². The van der Waals surface area contributed by atoms with E-state index in [1.165, 1.54) is 0 Å². The molecule has 3 unspecified atom stereocenters. The predicted molar refractivity (Wildman–Crippen MR) is 70.0 cm³/mol. The fourth-order valence-electron chi connectivity index (χ4n) is 3.40. The minimum absolute atomic E-state index is 0.206. The number of carbonyl (C=O) groups is 1. The van der Waals surface area contributed by atoms with Crippen LogP contribution in [0.3, 0.4) is 0 Å². The number of carboxylic acid groups (broad SMARTS) is 1. The first-order chi connectivity index (χ1) is 7.79. The fraction of sp³-hybridized carbons (Fsp3) is 0.929. The third-order valence-corrected chi connectivity index (χ3v) is 4.01. The average molecular weight is 241 g/mol. The Morgan fingerprint density at radius 1 is 1.29 bits per heavy atom. The molecule has 1 aliphatic carbocycles. The summed E-state index contributed by atoms with van der Waals surface area (Å²) in [4.78, 5) is 11.8. The van der Waals surface area contributed by atoms with E-state index < -0.39 is 11.5 Å². The van der Waals surface area contributed by atoms with Gasteiger partial charge >= 0.3 is 5.97 Å². The molecule has 3 nitrogen and oxygen atoms in total. The summed E-state index contributed by atoms with van der Waals surface area (Å²) in [7, 11) is 0. The van der Waals surface area contributed by atoms with E-state index in [9.17, 15) is 9.90 Å². The molecule has 0 spiro atoms. The molecule has 0 heterocycles. The molecule has 3 heteroatoms. The number of hydrogen-bond acceptors (Lipinski definition) is 2. The molecule has 1 fully saturated rings. The second kappa shape index (κ2) is 5.38. The van der Waals surface area contributed by atoms with Gasteiger partial charge in [-0.2, -0.15) is 0 Å². The Balaban J connectivity index is 3.05. The molecule has 0 aromatic rings. The van der Waals surface area contributed by atoms with E-state index in [4.69, 9.17) is 0 Å². The highest BCUT2D eigenvalue weighted by Gasteiger charge is 2.50. The van der Waals surface area contributed by atoms with E-state index in [1.807, 2.05) is 13.8 Å². The molecule has 0 aromatic carbocycles. The number of hydrogen-bond donors (Lipinski definition) is 2. The molecule has 3 atom stereocenters. The molecule has 0 saturated heterocycles. The Labute approximate surface area is 105 Å². The van der Waals surface area contributed by atoms with E-state index in [0.717, 1.165) is 19.3 Å². The van der Waals surface area contributed by atoms with Crippen molar-refractivity contribution in [3.8, 4) is 0 Å². The van der Waals surface area contributed by atoms with Crippen LogP contribution in [0.25, 0.3) is 0 Å². The first kappa shape index (κ1) is 14.5. The van der Waals surface area contributed by atoms with E-state index in [1.54, 1.807) is 0 Å². The summed E-state index contributed by atoms with van der Waals surface area (Å²) in [5, 5.41) is 13.1. The summed E-state index contributed by atoms with van der Waals surface area (Å²) < 4.78 is 0. The van der Waals surface area contributed by atoms with Crippen LogP contribution in [0.4, 0.5) is 0 Å². The van der Waals surface area contributed by atoms with Gasteiger partial charge in [0.1, 0.15) is 5.54 Å². The van der Waals surface area contributed by atoms with Crippen LogP contribution >= 0.6 is 0 Å². The van der Waals surface area contributed by atoms with Gasteiger partial charge < -0.3 is 5.11 Å². The summed E-state index contributed by atoms with van der Waals surface area (Å²) in [5.74, 6) is 0.465. The molecule has 1 saturated carbocycles. The molecule has 1 aliphatic rings. The highest BCUT2D eigenvalue weighted by Crippen LogP contribution is 2.41. The van der Waals surface area contributed by atoms with Gasteiger partial charge in [0, 0.05) is 6.04 Å². The van der Waals surface area contributed by atoms with Crippen molar-refractivity contribution in [3.05, 3.63) is 0 Å². The van der Waals surface area contributed by atoms with Gasteiger partial charge in [0.25, 0.3) is 0 Å². The molecule has 0 amide bonds. The molecule has 2 N–H and O–H groups in total. The van der Waals surface area contributed by atoms with Crippen LogP contribution < -0.4 is 5.32 Å². The first-order valence-corrected chi connectivity index (χ1v) is 6.80. The van der Waals surface area contributed by atoms with E-state index >= 15 is 0 Å². The molecule has 17 heavy (non-hydrogen) atoms. The van der Waals surface area contributed by atoms with Gasteiger partial charge in [-0.1, -0.05) is 27.2 Å². The summed E-state index contributed by atoms with van der Waals surface area (Å²) in [6.07, 6.45) is 2.92. The third-order valence-electron chi connectivity index (χ3n) is 4.01. The zero-order valence-electron chi connectivity index (χ0n) is 11.8. The van der Waals surface area contributed by atoms with Gasteiger partial charge in [-0.3, -0.25) is 10.1 Å². The number of aliphatic carboxylic acids is 1. The average Bonchev–Trinajstić information content (AvgIpc) is 2.15.